The van der Waals surface area contributed by atoms with Crippen LogP contribution in [0.3, 0.4) is 0 Å². The molecular weight excluding hydrogens is 272 g/mol. The SMILES string of the molecule is CC(=O)N[C@H](C)C(=O)Nc1ccc2c(C)cc(=O)oc2c1. The monoisotopic (exact) mass is 288 g/mol. The minimum Gasteiger partial charge on any atom is -0.423 e. The second kappa shape index (κ2) is 5.78. The third-order valence-electron chi connectivity index (χ3n) is 3.03. The van der Waals surface area contributed by atoms with E-state index in [1.54, 1.807) is 25.1 Å². The highest BCUT2D eigenvalue weighted by Gasteiger charge is 2.14. The zero-order valence-corrected chi connectivity index (χ0v) is 12.0. The second-order valence-electron chi connectivity index (χ2n) is 4.87. The highest BCUT2D eigenvalue weighted by molar-refractivity contribution is 5.98. The Morgan fingerprint density at radius 2 is 1.95 bits per heavy atom. The molecule has 0 aliphatic rings. The molecule has 0 bridgehead atoms. The Morgan fingerprint density at radius 1 is 1.24 bits per heavy atom. The molecule has 2 amide bonds. The first-order valence-electron chi connectivity index (χ1n) is 6.49. The summed E-state index contributed by atoms with van der Waals surface area (Å²) in [7, 11) is 0. The number of carbonyl (C=O) groups is 2. The number of aryl methyl sites for hydroxylation is 1. The molecule has 0 aliphatic heterocycles. The number of amides is 2. The van der Waals surface area contributed by atoms with Crippen molar-refractivity contribution < 1.29 is 14.0 Å². The van der Waals surface area contributed by atoms with Gasteiger partial charge in [-0.3, -0.25) is 9.59 Å². The number of anilines is 1. The molecule has 1 aromatic heterocycles. The van der Waals surface area contributed by atoms with Crippen molar-refractivity contribution >= 4 is 28.5 Å². The summed E-state index contributed by atoms with van der Waals surface area (Å²) in [5.74, 6) is -0.627. The second-order valence-corrected chi connectivity index (χ2v) is 4.87. The highest BCUT2D eigenvalue weighted by Crippen LogP contribution is 2.20. The Kier molecular flexibility index (Phi) is 4.07. The van der Waals surface area contributed by atoms with Crippen LogP contribution < -0.4 is 16.3 Å². The fourth-order valence-electron chi connectivity index (χ4n) is 2.02. The maximum absolute atomic E-state index is 11.9. The van der Waals surface area contributed by atoms with E-state index in [2.05, 4.69) is 10.6 Å². The molecule has 0 saturated heterocycles. The summed E-state index contributed by atoms with van der Waals surface area (Å²) in [4.78, 5) is 34.2. The minimum atomic E-state index is -0.650. The molecule has 0 spiro atoms. The lowest BCUT2D eigenvalue weighted by Gasteiger charge is -2.13. The van der Waals surface area contributed by atoms with Crippen molar-refractivity contribution in [2.24, 2.45) is 0 Å². The molecular formula is C15H16N2O4. The van der Waals surface area contributed by atoms with Crippen molar-refractivity contribution in [2.75, 3.05) is 5.32 Å². The van der Waals surface area contributed by atoms with E-state index < -0.39 is 11.7 Å². The number of fused-ring (bicyclic) bond motifs is 1. The fraction of sp³-hybridized carbons (Fsp3) is 0.267. The van der Waals surface area contributed by atoms with Gasteiger partial charge in [-0.15, -0.1) is 0 Å². The summed E-state index contributed by atoms with van der Waals surface area (Å²) in [5, 5.41) is 5.96. The first-order valence-corrected chi connectivity index (χ1v) is 6.49. The van der Waals surface area contributed by atoms with Crippen LogP contribution in [0.5, 0.6) is 0 Å². The number of hydrogen-bond acceptors (Lipinski definition) is 4. The zero-order valence-electron chi connectivity index (χ0n) is 12.0. The van der Waals surface area contributed by atoms with Crippen LogP contribution in [0.15, 0.2) is 33.5 Å². The molecule has 110 valence electrons. The third-order valence-corrected chi connectivity index (χ3v) is 3.03. The van der Waals surface area contributed by atoms with Crippen molar-refractivity contribution in [3.8, 4) is 0 Å². The van der Waals surface area contributed by atoms with Crippen molar-refractivity contribution in [3.05, 3.63) is 40.2 Å². The quantitative estimate of drug-likeness (QED) is 0.839. The van der Waals surface area contributed by atoms with E-state index in [0.29, 0.717) is 11.3 Å². The molecule has 0 aliphatic carbocycles. The van der Waals surface area contributed by atoms with Gasteiger partial charge in [-0.2, -0.15) is 0 Å². The smallest absolute Gasteiger partial charge is 0.336 e. The van der Waals surface area contributed by atoms with E-state index in [1.165, 1.54) is 13.0 Å². The highest BCUT2D eigenvalue weighted by atomic mass is 16.4. The Balaban J connectivity index is 2.25. The number of carbonyl (C=O) groups excluding carboxylic acids is 2. The predicted octanol–water partition coefficient (Wildman–Crippen LogP) is 1.56. The summed E-state index contributed by atoms with van der Waals surface area (Å²) in [6, 6.07) is 5.84. The molecule has 1 heterocycles. The topological polar surface area (TPSA) is 88.4 Å². The Morgan fingerprint density at radius 3 is 2.62 bits per heavy atom. The van der Waals surface area contributed by atoms with Gasteiger partial charge < -0.3 is 15.1 Å². The van der Waals surface area contributed by atoms with E-state index in [-0.39, 0.29) is 11.8 Å². The molecule has 2 N–H and O–H groups in total. The van der Waals surface area contributed by atoms with Gasteiger partial charge in [0.2, 0.25) is 11.8 Å². The third kappa shape index (κ3) is 3.47. The number of benzene rings is 1. The molecule has 6 nitrogen and oxygen atoms in total. The van der Waals surface area contributed by atoms with Gasteiger partial charge in [-0.1, -0.05) is 0 Å². The van der Waals surface area contributed by atoms with Crippen molar-refractivity contribution in [1.29, 1.82) is 0 Å². The van der Waals surface area contributed by atoms with Gasteiger partial charge in [0.15, 0.2) is 0 Å². The maximum atomic E-state index is 11.9. The zero-order chi connectivity index (χ0) is 15.6. The average Bonchev–Trinajstić information content (AvgIpc) is 2.37. The molecule has 21 heavy (non-hydrogen) atoms. The first-order chi connectivity index (χ1) is 9.86. The van der Waals surface area contributed by atoms with Gasteiger partial charge in [-0.05, 0) is 31.5 Å². The summed E-state index contributed by atoms with van der Waals surface area (Å²) < 4.78 is 5.11. The van der Waals surface area contributed by atoms with Gasteiger partial charge in [0.25, 0.3) is 0 Å². The van der Waals surface area contributed by atoms with E-state index >= 15 is 0 Å². The number of rotatable bonds is 3. The fourth-order valence-corrected chi connectivity index (χ4v) is 2.02. The van der Waals surface area contributed by atoms with Crippen LogP contribution in [0.2, 0.25) is 0 Å². The van der Waals surface area contributed by atoms with Crippen LogP contribution in [0.4, 0.5) is 5.69 Å². The van der Waals surface area contributed by atoms with Crippen LogP contribution in [0.1, 0.15) is 19.4 Å². The Hall–Kier alpha value is -2.63. The van der Waals surface area contributed by atoms with Gasteiger partial charge in [0, 0.05) is 30.1 Å². The van der Waals surface area contributed by atoms with Crippen molar-refractivity contribution in [2.45, 2.75) is 26.8 Å². The molecule has 0 radical (unpaired) electrons. The summed E-state index contributed by atoms with van der Waals surface area (Å²) >= 11 is 0. The Bertz CT molecular complexity index is 764. The molecule has 1 atom stereocenters. The van der Waals surface area contributed by atoms with Gasteiger partial charge in [-0.25, -0.2) is 4.79 Å². The standard InChI is InChI=1S/C15H16N2O4/c1-8-6-14(19)21-13-7-11(4-5-12(8)13)17-15(20)9(2)16-10(3)18/h4-7,9H,1-3H3,(H,16,18)(H,17,20)/t9-/m1/s1. The van der Waals surface area contributed by atoms with E-state index in [4.69, 9.17) is 4.42 Å². The van der Waals surface area contributed by atoms with E-state index in [1.807, 2.05) is 6.92 Å². The molecule has 2 rings (SSSR count). The number of hydrogen-bond donors (Lipinski definition) is 2. The van der Waals surface area contributed by atoms with E-state index in [9.17, 15) is 14.4 Å². The average molecular weight is 288 g/mol. The maximum Gasteiger partial charge on any atom is 0.336 e. The van der Waals surface area contributed by atoms with Crippen molar-refractivity contribution in [3.63, 3.8) is 0 Å². The molecule has 2 aromatic rings. The Labute approximate surface area is 121 Å². The molecule has 6 heteroatoms. The lowest BCUT2D eigenvalue weighted by atomic mass is 10.1. The van der Waals surface area contributed by atoms with Crippen LogP contribution >= 0.6 is 0 Å². The number of nitrogens with one attached hydrogen (secondary N) is 2. The molecule has 1 aromatic carbocycles. The normalized spacial score (nSPS) is 12.0. The van der Waals surface area contributed by atoms with Crippen LogP contribution in [-0.2, 0) is 9.59 Å². The molecule has 0 saturated carbocycles. The summed E-state index contributed by atoms with van der Waals surface area (Å²) in [6.07, 6.45) is 0. The van der Waals surface area contributed by atoms with Crippen LogP contribution in [0, 0.1) is 6.92 Å². The lowest BCUT2D eigenvalue weighted by molar-refractivity contribution is -0.124. The molecule has 0 unspecified atom stereocenters. The largest absolute Gasteiger partial charge is 0.423 e. The van der Waals surface area contributed by atoms with Crippen LogP contribution in [-0.4, -0.2) is 17.9 Å². The lowest BCUT2D eigenvalue weighted by Crippen LogP contribution is -2.40. The van der Waals surface area contributed by atoms with Crippen LogP contribution in [0.25, 0.3) is 11.0 Å². The minimum absolute atomic E-state index is 0.280. The van der Waals surface area contributed by atoms with Crippen molar-refractivity contribution in [1.82, 2.24) is 5.32 Å². The summed E-state index contributed by atoms with van der Waals surface area (Å²) in [6.45, 7) is 4.75. The van der Waals surface area contributed by atoms with Gasteiger partial charge in [0.1, 0.15) is 11.6 Å². The summed E-state index contributed by atoms with van der Waals surface area (Å²) in [5.41, 5.74) is 1.28. The van der Waals surface area contributed by atoms with E-state index in [0.717, 1.165) is 10.9 Å². The first kappa shape index (κ1) is 14.8. The molecule has 0 fully saturated rings. The van der Waals surface area contributed by atoms with Gasteiger partial charge >= 0.3 is 5.63 Å². The van der Waals surface area contributed by atoms with Gasteiger partial charge in [0.05, 0.1) is 0 Å². The predicted molar refractivity (Wildman–Crippen MR) is 79.1 cm³/mol.